The summed E-state index contributed by atoms with van der Waals surface area (Å²) in [6, 6.07) is 7.50. The summed E-state index contributed by atoms with van der Waals surface area (Å²) in [5.41, 5.74) is 0. The lowest BCUT2D eigenvalue weighted by Crippen LogP contribution is -2.48. The fraction of sp³-hybridized carbons (Fsp3) is 0.562. The minimum Gasteiger partial charge on any atom is -0.341 e. The quantitative estimate of drug-likeness (QED) is 0.870. The smallest absolute Gasteiger partial charge is 0.241 e. The molecule has 22 heavy (non-hydrogen) atoms. The zero-order chi connectivity index (χ0) is 16.2. The summed E-state index contributed by atoms with van der Waals surface area (Å²) >= 11 is 0. The van der Waals surface area contributed by atoms with E-state index in [1.165, 1.54) is 12.1 Å². The first-order chi connectivity index (χ1) is 10.4. The van der Waals surface area contributed by atoms with E-state index in [4.69, 9.17) is 0 Å². The van der Waals surface area contributed by atoms with Crippen LogP contribution in [0.1, 0.15) is 33.1 Å². The summed E-state index contributed by atoms with van der Waals surface area (Å²) in [7, 11) is -3.68. The predicted octanol–water partition coefficient (Wildman–Crippen LogP) is 2.00. The summed E-state index contributed by atoms with van der Waals surface area (Å²) in [5.74, 6) is 0.126. The van der Waals surface area contributed by atoms with Gasteiger partial charge < -0.3 is 4.90 Å². The van der Waals surface area contributed by atoms with Crippen LogP contribution in [0.4, 0.5) is 0 Å². The highest BCUT2D eigenvalue weighted by atomic mass is 32.2. The van der Waals surface area contributed by atoms with Crippen molar-refractivity contribution in [3.63, 3.8) is 0 Å². The molecule has 6 heteroatoms. The molecule has 0 aliphatic carbocycles. The number of carbonyl (C=O) groups is 1. The minimum absolute atomic E-state index is 0.106. The van der Waals surface area contributed by atoms with Gasteiger partial charge in [-0.3, -0.25) is 4.79 Å². The zero-order valence-electron chi connectivity index (χ0n) is 13.2. The number of rotatable bonds is 6. The minimum atomic E-state index is -3.68. The molecule has 0 bridgehead atoms. The molecule has 1 aromatic carbocycles. The van der Waals surface area contributed by atoms with Crippen LogP contribution in [0.5, 0.6) is 0 Å². The Labute approximate surface area is 132 Å². The van der Waals surface area contributed by atoms with Gasteiger partial charge in [-0.2, -0.15) is 4.72 Å². The molecule has 1 atom stereocenters. The number of hydrogen-bond donors (Lipinski definition) is 1. The van der Waals surface area contributed by atoms with E-state index >= 15 is 0 Å². The van der Waals surface area contributed by atoms with Crippen LogP contribution in [0, 0.1) is 5.92 Å². The van der Waals surface area contributed by atoms with Gasteiger partial charge in [0.25, 0.3) is 0 Å². The third kappa shape index (κ3) is 4.30. The average Bonchev–Trinajstić information content (AvgIpc) is 3.00. The highest BCUT2D eigenvalue weighted by Gasteiger charge is 2.30. The summed E-state index contributed by atoms with van der Waals surface area (Å²) in [4.78, 5) is 14.5. The van der Waals surface area contributed by atoms with Crippen molar-refractivity contribution in [1.82, 2.24) is 9.62 Å². The molecular formula is C16H24N2O3S. The van der Waals surface area contributed by atoms with Crippen LogP contribution in [0.15, 0.2) is 35.2 Å². The molecule has 1 heterocycles. The Morgan fingerprint density at radius 2 is 1.77 bits per heavy atom. The van der Waals surface area contributed by atoms with Gasteiger partial charge in [-0.15, -0.1) is 0 Å². The van der Waals surface area contributed by atoms with Crippen LogP contribution in [0.25, 0.3) is 0 Å². The fourth-order valence-corrected chi connectivity index (χ4v) is 3.91. The molecular weight excluding hydrogens is 300 g/mol. The average molecular weight is 324 g/mol. The normalized spacial score (nSPS) is 17.0. The lowest BCUT2D eigenvalue weighted by Gasteiger charge is -2.25. The summed E-state index contributed by atoms with van der Waals surface area (Å²) < 4.78 is 27.5. The Hall–Kier alpha value is -1.40. The number of likely N-dealkylation sites (tertiary alicyclic amines) is 1. The molecule has 1 N–H and O–H groups in total. The molecule has 0 radical (unpaired) electrons. The van der Waals surface area contributed by atoms with Crippen molar-refractivity contribution < 1.29 is 13.2 Å². The lowest BCUT2D eigenvalue weighted by molar-refractivity contribution is -0.132. The van der Waals surface area contributed by atoms with Gasteiger partial charge >= 0.3 is 0 Å². The van der Waals surface area contributed by atoms with E-state index in [9.17, 15) is 13.2 Å². The first kappa shape index (κ1) is 17.0. The van der Waals surface area contributed by atoms with Gasteiger partial charge in [-0.05, 0) is 37.3 Å². The van der Waals surface area contributed by atoms with Gasteiger partial charge in [0.2, 0.25) is 15.9 Å². The highest BCUT2D eigenvalue weighted by Crippen LogP contribution is 2.16. The number of benzene rings is 1. The number of hydrogen-bond acceptors (Lipinski definition) is 3. The SMILES string of the molecule is CC(C)C[C@@H](NS(=O)(=O)c1ccccc1)C(=O)N1CCCC1. The van der Waals surface area contributed by atoms with E-state index in [-0.39, 0.29) is 16.7 Å². The maximum absolute atomic E-state index is 12.6. The number of nitrogens with one attached hydrogen (secondary N) is 1. The predicted molar refractivity (Wildman–Crippen MR) is 85.8 cm³/mol. The first-order valence-corrected chi connectivity index (χ1v) is 9.24. The molecule has 1 aliphatic rings. The molecule has 0 spiro atoms. The third-order valence-corrected chi connectivity index (χ3v) is 5.26. The molecule has 1 amide bonds. The Morgan fingerprint density at radius 3 is 2.32 bits per heavy atom. The van der Waals surface area contributed by atoms with Gasteiger partial charge in [-0.1, -0.05) is 32.0 Å². The van der Waals surface area contributed by atoms with Crippen LogP contribution in [0.2, 0.25) is 0 Å². The molecule has 1 aliphatic heterocycles. The topological polar surface area (TPSA) is 66.5 Å². The number of carbonyl (C=O) groups excluding carboxylic acids is 1. The van der Waals surface area contributed by atoms with Crippen LogP contribution in [0.3, 0.4) is 0 Å². The third-order valence-electron chi connectivity index (χ3n) is 3.77. The van der Waals surface area contributed by atoms with Gasteiger partial charge in [0.05, 0.1) is 4.90 Å². The number of nitrogens with zero attached hydrogens (tertiary/aromatic N) is 1. The lowest BCUT2D eigenvalue weighted by atomic mass is 10.0. The molecule has 2 rings (SSSR count). The standard InChI is InChI=1S/C16H24N2O3S/c1-13(2)12-15(16(19)18-10-6-7-11-18)17-22(20,21)14-8-4-3-5-9-14/h3-5,8-9,13,15,17H,6-7,10-12H2,1-2H3/t15-/m1/s1. The molecule has 5 nitrogen and oxygen atoms in total. The van der Waals surface area contributed by atoms with Crippen molar-refractivity contribution in [2.75, 3.05) is 13.1 Å². The van der Waals surface area contributed by atoms with Crippen molar-refractivity contribution >= 4 is 15.9 Å². The Bertz CT molecular complexity index is 593. The summed E-state index contributed by atoms with van der Waals surface area (Å²) in [6.45, 7) is 5.42. The molecule has 0 aromatic heterocycles. The summed E-state index contributed by atoms with van der Waals surface area (Å²) in [6.07, 6.45) is 2.48. The first-order valence-electron chi connectivity index (χ1n) is 7.76. The van der Waals surface area contributed by atoms with Crippen LogP contribution >= 0.6 is 0 Å². The highest BCUT2D eigenvalue weighted by molar-refractivity contribution is 7.89. The second-order valence-electron chi connectivity index (χ2n) is 6.15. The van der Waals surface area contributed by atoms with Crippen LogP contribution in [-0.4, -0.2) is 38.4 Å². The Balaban J connectivity index is 2.17. The van der Waals surface area contributed by atoms with Gasteiger partial charge in [0, 0.05) is 13.1 Å². The zero-order valence-corrected chi connectivity index (χ0v) is 14.0. The van der Waals surface area contributed by atoms with Gasteiger partial charge in [0.15, 0.2) is 0 Å². The maximum Gasteiger partial charge on any atom is 0.241 e. The van der Waals surface area contributed by atoms with Crippen LogP contribution in [-0.2, 0) is 14.8 Å². The molecule has 1 saturated heterocycles. The molecule has 0 unspecified atom stereocenters. The maximum atomic E-state index is 12.6. The van der Waals surface area contributed by atoms with E-state index in [0.29, 0.717) is 6.42 Å². The van der Waals surface area contributed by atoms with Crippen molar-refractivity contribution in [3.8, 4) is 0 Å². The van der Waals surface area contributed by atoms with Crippen molar-refractivity contribution in [3.05, 3.63) is 30.3 Å². The number of amides is 1. The van der Waals surface area contributed by atoms with E-state index in [1.54, 1.807) is 23.1 Å². The van der Waals surface area contributed by atoms with Crippen molar-refractivity contribution in [2.45, 2.75) is 44.0 Å². The van der Waals surface area contributed by atoms with Crippen molar-refractivity contribution in [1.29, 1.82) is 0 Å². The monoisotopic (exact) mass is 324 g/mol. The second-order valence-corrected chi connectivity index (χ2v) is 7.86. The Morgan fingerprint density at radius 1 is 1.18 bits per heavy atom. The largest absolute Gasteiger partial charge is 0.341 e. The molecule has 1 aromatic rings. The fourth-order valence-electron chi connectivity index (χ4n) is 2.68. The van der Waals surface area contributed by atoms with E-state index < -0.39 is 16.1 Å². The summed E-state index contributed by atoms with van der Waals surface area (Å²) in [5, 5.41) is 0. The second kappa shape index (κ2) is 7.24. The molecule has 0 saturated carbocycles. The van der Waals surface area contributed by atoms with Crippen molar-refractivity contribution in [2.24, 2.45) is 5.92 Å². The van der Waals surface area contributed by atoms with E-state index in [1.807, 2.05) is 13.8 Å². The Kier molecular flexibility index (Phi) is 5.58. The van der Waals surface area contributed by atoms with Gasteiger partial charge in [-0.25, -0.2) is 8.42 Å². The van der Waals surface area contributed by atoms with Gasteiger partial charge in [0.1, 0.15) is 6.04 Å². The number of sulfonamides is 1. The molecule has 122 valence electrons. The molecule has 1 fully saturated rings. The van der Waals surface area contributed by atoms with E-state index in [2.05, 4.69) is 4.72 Å². The van der Waals surface area contributed by atoms with Crippen LogP contribution < -0.4 is 4.72 Å². The van der Waals surface area contributed by atoms with E-state index in [0.717, 1.165) is 25.9 Å².